The monoisotopic (exact) mass is 284 g/mol. The number of benzene rings is 1. The summed E-state index contributed by atoms with van der Waals surface area (Å²) in [5.41, 5.74) is 3.50. The van der Waals surface area contributed by atoms with Gasteiger partial charge in [-0.25, -0.2) is 0 Å². The summed E-state index contributed by atoms with van der Waals surface area (Å²) in [6.07, 6.45) is 1.47. The number of hydrogen-bond donors (Lipinski definition) is 0. The van der Waals surface area contributed by atoms with Crippen LogP contribution in [0.3, 0.4) is 0 Å². The Hall–Kier alpha value is -2.28. The van der Waals surface area contributed by atoms with Gasteiger partial charge in [-0.15, -0.1) is 0 Å². The highest BCUT2D eigenvalue weighted by Crippen LogP contribution is 2.31. The lowest BCUT2D eigenvalue weighted by Gasteiger charge is -2.18. The van der Waals surface area contributed by atoms with E-state index in [0.717, 1.165) is 41.2 Å². The Morgan fingerprint density at radius 3 is 2.38 bits per heavy atom. The maximum atomic E-state index is 9.00. The van der Waals surface area contributed by atoms with E-state index in [-0.39, 0.29) is 6.10 Å². The number of nitriles is 1. The molecule has 0 N–H and O–H groups in total. The first-order valence-electron chi connectivity index (χ1n) is 7.22. The Morgan fingerprint density at radius 2 is 1.90 bits per heavy atom. The third-order valence-corrected chi connectivity index (χ3v) is 3.48. The molecule has 0 spiro atoms. The summed E-state index contributed by atoms with van der Waals surface area (Å²) in [6.45, 7) is 7.99. The molecule has 1 aromatic carbocycles. The fraction of sp³-hybridized carbons (Fsp3) is 0.412. The van der Waals surface area contributed by atoms with Crippen molar-refractivity contribution in [1.29, 1.82) is 5.26 Å². The number of hydrogen-bond acceptors (Lipinski definition) is 4. The second-order valence-electron chi connectivity index (χ2n) is 5.14. The lowest BCUT2D eigenvalue weighted by Crippen LogP contribution is -2.07. The number of aromatic nitrogens is 1. The van der Waals surface area contributed by atoms with Crippen LogP contribution in [0.15, 0.2) is 22.7 Å². The van der Waals surface area contributed by atoms with Gasteiger partial charge in [-0.05, 0) is 49.9 Å². The molecule has 21 heavy (non-hydrogen) atoms. The molecule has 0 radical (unpaired) electrons. The Morgan fingerprint density at radius 1 is 1.24 bits per heavy atom. The summed E-state index contributed by atoms with van der Waals surface area (Å²) in [4.78, 5) is 0. The van der Waals surface area contributed by atoms with Crippen molar-refractivity contribution in [3.8, 4) is 11.8 Å². The molecule has 0 aliphatic heterocycles. The third-order valence-electron chi connectivity index (χ3n) is 3.48. The van der Waals surface area contributed by atoms with Crippen molar-refractivity contribution in [1.82, 2.24) is 5.16 Å². The highest BCUT2D eigenvalue weighted by atomic mass is 16.5. The van der Waals surface area contributed by atoms with Gasteiger partial charge in [-0.2, -0.15) is 5.26 Å². The molecule has 1 heterocycles. The molecule has 0 fully saturated rings. The zero-order valence-electron chi connectivity index (χ0n) is 12.9. The number of rotatable bonds is 5. The SMILES string of the molecule is CCc1cc(C(CC)Oc2c(C)cc(C#N)cc2C)on1. The summed E-state index contributed by atoms with van der Waals surface area (Å²) >= 11 is 0. The molecule has 4 heteroatoms. The van der Waals surface area contributed by atoms with Gasteiger partial charge in [0.15, 0.2) is 11.9 Å². The van der Waals surface area contributed by atoms with Crippen LogP contribution in [0.4, 0.5) is 0 Å². The van der Waals surface area contributed by atoms with E-state index in [1.54, 1.807) is 0 Å². The van der Waals surface area contributed by atoms with Gasteiger partial charge in [0, 0.05) is 6.07 Å². The van der Waals surface area contributed by atoms with Crippen molar-refractivity contribution in [2.45, 2.75) is 46.6 Å². The summed E-state index contributed by atoms with van der Waals surface area (Å²) in [7, 11) is 0. The van der Waals surface area contributed by atoms with E-state index in [1.807, 2.05) is 45.9 Å². The summed E-state index contributed by atoms with van der Waals surface area (Å²) < 4.78 is 11.5. The van der Waals surface area contributed by atoms with Gasteiger partial charge in [0.2, 0.25) is 0 Å². The molecular formula is C17H20N2O2. The lowest BCUT2D eigenvalue weighted by atomic mass is 10.1. The van der Waals surface area contributed by atoms with Crippen LogP contribution >= 0.6 is 0 Å². The van der Waals surface area contributed by atoms with Crippen LogP contribution in [0.1, 0.15) is 54.5 Å². The molecule has 2 aromatic rings. The molecule has 1 unspecified atom stereocenters. The largest absolute Gasteiger partial charge is 0.482 e. The molecule has 1 aromatic heterocycles. The maximum Gasteiger partial charge on any atom is 0.177 e. The molecule has 0 aliphatic carbocycles. The van der Waals surface area contributed by atoms with E-state index >= 15 is 0 Å². The van der Waals surface area contributed by atoms with E-state index in [4.69, 9.17) is 14.5 Å². The van der Waals surface area contributed by atoms with Crippen LogP contribution in [0.25, 0.3) is 0 Å². The zero-order chi connectivity index (χ0) is 15.4. The molecule has 2 rings (SSSR count). The van der Waals surface area contributed by atoms with Crippen molar-refractivity contribution in [3.63, 3.8) is 0 Å². The van der Waals surface area contributed by atoms with E-state index in [9.17, 15) is 0 Å². The molecular weight excluding hydrogens is 264 g/mol. The summed E-state index contributed by atoms with van der Waals surface area (Å²) in [5.74, 6) is 1.56. The van der Waals surface area contributed by atoms with Gasteiger partial charge in [-0.1, -0.05) is 19.0 Å². The quantitative estimate of drug-likeness (QED) is 0.823. The summed E-state index contributed by atoms with van der Waals surface area (Å²) in [6, 6.07) is 7.79. The highest BCUT2D eigenvalue weighted by molar-refractivity contribution is 5.47. The van der Waals surface area contributed by atoms with Crippen molar-refractivity contribution in [2.24, 2.45) is 0 Å². The number of ether oxygens (including phenoxy) is 1. The normalized spacial score (nSPS) is 12.0. The van der Waals surface area contributed by atoms with Gasteiger partial charge in [0.05, 0.1) is 17.3 Å². The standard InChI is InChI=1S/C17H20N2O2/c1-5-14-9-16(21-19-14)15(6-2)20-17-11(3)7-13(10-18)8-12(17)4/h7-9,15H,5-6H2,1-4H3. The minimum atomic E-state index is -0.164. The predicted octanol–water partition coefficient (Wildman–Crippen LogP) is 4.26. The van der Waals surface area contributed by atoms with E-state index in [0.29, 0.717) is 5.56 Å². The number of nitrogens with zero attached hydrogens (tertiary/aromatic N) is 2. The summed E-state index contributed by atoms with van der Waals surface area (Å²) in [5, 5.41) is 13.0. The second-order valence-corrected chi connectivity index (χ2v) is 5.14. The van der Waals surface area contributed by atoms with E-state index in [2.05, 4.69) is 11.2 Å². The third kappa shape index (κ3) is 3.25. The highest BCUT2D eigenvalue weighted by Gasteiger charge is 2.19. The first kappa shape index (κ1) is 15.1. The molecule has 0 aliphatic rings. The minimum Gasteiger partial charge on any atom is -0.482 e. The average Bonchev–Trinajstić information content (AvgIpc) is 2.95. The van der Waals surface area contributed by atoms with Crippen molar-refractivity contribution in [2.75, 3.05) is 0 Å². The van der Waals surface area contributed by atoms with Crippen LogP contribution in [-0.2, 0) is 6.42 Å². The van der Waals surface area contributed by atoms with Gasteiger partial charge >= 0.3 is 0 Å². The molecule has 0 amide bonds. The van der Waals surface area contributed by atoms with E-state index in [1.165, 1.54) is 0 Å². The van der Waals surface area contributed by atoms with Crippen molar-refractivity contribution in [3.05, 3.63) is 46.3 Å². The molecule has 4 nitrogen and oxygen atoms in total. The fourth-order valence-corrected chi connectivity index (χ4v) is 2.33. The number of aryl methyl sites for hydroxylation is 3. The van der Waals surface area contributed by atoms with Gasteiger partial charge < -0.3 is 9.26 Å². The first-order valence-corrected chi connectivity index (χ1v) is 7.22. The average molecular weight is 284 g/mol. The molecule has 110 valence electrons. The minimum absolute atomic E-state index is 0.164. The predicted molar refractivity (Wildman–Crippen MR) is 80.2 cm³/mol. The van der Waals surface area contributed by atoms with Gasteiger partial charge in [-0.3, -0.25) is 0 Å². The Kier molecular flexibility index (Phi) is 4.64. The van der Waals surface area contributed by atoms with E-state index < -0.39 is 0 Å². The first-order chi connectivity index (χ1) is 10.1. The van der Waals surface area contributed by atoms with Gasteiger partial charge in [0.25, 0.3) is 0 Å². The van der Waals surface area contributed by atoms with Gasteiger partial charge in [0.1, 0.15) is 5.75 Å². The second kappa shape index (κ2) is 6.45. The van der Waals surface area contributed by atoms with Crippen LogP contribution in [-0.4, -0.2) is 5.16 Å². The van der Waals surface area contributed by atoms with Crippen LogP contribution in [0.5, 0.6) is 5.75 Å². The molecule has 1 atom stereocenters. The van der Waals surface area contributed by atoms with Crippen LogP contribution in [0.2, 0.25) is 0 Å². The fourth-order valence-electron chi connectivity index (χ4n) is 2.33. The van der Waals surface area contributed by atoms with Crippen molar-refractivity contribution >= 4 is 0 Å². The topological polar surface area (TPSA) is 59.0 Å². The molecule has 0 saturated carbocycles. The Balaban J connectivity index is 2.29. The Bertz CT molecular complexity index is 645. The Labute approximate surface area is 125 Å². The lowest BCUT2D eigenvalue weighted by molar-refractivity contribution is 0.158. The van der Waals surface area contributed by atoms with Crippen LogP contribution in [0, 0.1) is 25.2 Å². The molecule has 0 saturated heterocycles. The van der Waals surface area contributed by atoms with Crippen LogP contribution < -0.4 is 4.74 Å². The zero-order valence-corrected chi connectivity index (χ0v) is 12.9. The smallest absolute Gasteiger partial charge is 0.177 e. The molecule has 0 bridgehead atoms. The maximum absolute atomic E-state index is 9.00. The van der Waals surface area contributed by atoms with Crippen molar-refractivity contribution < 1.29 is 9.26 Å².